The SMILES string of the molecule is COCCC(C)NC(=O)c1cc2cc(N)ccc2o1. The lowest BCUT2D eigenvalue weighted by Gasteiger charge is -2.11. The molecule has 0 radical (unpaired) electrons. The first-order chi connectivity index (χ1) is 9.10. The number of carbonyl (C=O) groups is 1. The first-order valence-corrected chi connectivity index (χ1v) is 6.19. The molecule has 5 nitrogen and oxygen atoms in total. The van der Waals surface area contributed by atoms with E-state index in [2.05, 4.69) is 5.32 Å². The van der Waals surface area contributed by atoms with Crippen LogP contribution in [0.25, 0.3) is 11.0 Å². The highest BCUT2D eigenvalue weighted by molar-refractivity contribution is 5.96. The topological polar surface area (TPSA) is 77.5 Å². The summed E-state index contributed by atoms with van der Waals surface area (Å²) in [5.41, 5.74) is 6.99. The molecule has 0 aliphatic carbocycles. The van der Waals surface area contributed by atoms with Crippen LogP contribution in [0.1, 0.15) is 23.9 Å². The van der Waals surface area contributed by atoms with Crippen LogP contribution in [0, 0.1) is 0 Å². The van der Waals surface area contributed by atoms with E-state index in [0.29, 0.717) is 23.6 Å². The van der Waals surface area contributed by atoms with Crippen molar-refractivity contribution in [2.75, 3.05) is 19.5 Å². The van der Waals surface area contributed by atoms with Gasteiger partial charge in [0.05, 0.1) is 0 Å². The van der Waals surface area contributed by atoms with Gasteiger partial charge >= 0.3 is 0 Å². The molecule has 1 aromatic carbocycles. The summed E-state index contributed by atoms with van der Waals surface area (Å²) in [5.74, 6) is 0.0724. The largest absolute Gasteiger partial charge is 0.451 e. The van der Waals surface area contributed by atoms with Gasteiger partial charge in [-0.2, -0.15) is 0 Å². The number of nitrogens with two attached hydrogens (primary N) is 1. The van der Waals surface area contributed by atoms with Gasteiger partial charge in [0.15, 0.2) is 5.76 Å². The minimum absolute atomic E-state index is 0.0331. The zero-order valence-corrected chi connectivity index (χ0v) is 11.1. The molecular formula is C14H18N2O3. The van der Waals surface area contributed by atoms with Crippen LogP contribution < -0.4 is 11.1 Å². The number of carbonyl (C=O) groups excluding carboxylic acids is 1. The number of ether oxygens (including phenoxy) is 1. The summed E-state index contributed by atoms with van der Waals surface area (Å²) in [6.07, 6.45) is 0.759. The Morgan fingerprint density at radius 1 is 1.47 bits per heavy atom. The van der Waals surface area contributed by atoms with Gasteiger partial charge in [-0.3, -0.25) is 4.79 Å². The average Bonchev–Trinajstić information content (AvgIpc) is 2.79. The number of amides is 1. The number of nitrogen functional groups attached to an aromatic ring is 1. The lowest BCUT2D eigenvalue weighted by molar-refractivity contribution is 0.0904. The van der Waals surface area contributed by atoms with Crippen LogP contribution in [-0.4, -0.2) is 25.7 Å². The predicted molar refractivity (Wildman–Crippen MR) is 74.0 cm³/mol. The van der Waals surface area contributed by atoms with Crippen LogP contribution in [0.5, 0.6) is 0 Å². The predicted octanol–water partition coefficient (Wildman–Crippen LogP) is 2.17. The normalized spacial score (nSPS) is 12.5. The second kappa shape index (κ2) is 5.75. The van der Waals surface area contributed by atoms with E-state index in [9.17, 15) is 4.79 Å². The Kier molecular flexibility index (Phi) is 4.06. The molecule has 1 heterocycles. The van der Waals surface area contributed by atoms with Gasteiger partial charge in [-0.05, 0) is 37.6 Å². The molecule has 2 rings (SSSR count). The highest BCUT2D eigenvalue weighted by Gasteiger charge is 2.14. The third-order valence-corrected chi connectivity index (χ3v) is 2.90. The fraction of sp³-hybridized carbons (Fsp3) is 0.357. The Bertz CT molecular complexity index is 577. The summed E-state index contributed by atoms with van der Waals surface area (Å²) in [4.78, 5) is 12.0. The molecule has 0 bridgehead atoms. The number of hydrogen-bond acceptors (Lipinski definition) is 4. The van der Waals surface area contributed by atoms with Crippen LogP contribution in [-0.2, 0) is 4.74 Å². The molecule has 0 aliphatic heterocycles. The van der Waals surface area contributed by atoms with Crippen LogP contribution >= 0.6 is 0 Å². The van der Waals surface area contributed by atoms with E-state index >= 15 is 0 Å². The molecule has 0 spiro atoms. The van der Waals surface area contributed by atoms with Gasteiger partial charge in [-0.25, -0.2) is 0 Å². The van der Waals surface area contributed by atoms with Crippen molar-refractivity contribution < 1.29 is 13.9 Å². The minimum atomic E-state index is -0.224. The van der Waals surface area contributed by atoms with Crippen molar-refractivity contribution in [3.63, 3.8) is 0 Å². The van der Waals surface area contributed by atoms with Gasteiger partial charge in [0.1, 0.15) is 5.58 Å². The second-order valence-electron chi connectivity index (χ2n) is 4.56. The molecule has 102 valence electrons. The molecule has 0 saturated carbocycles. The van der Waals surface area contributed by atoms with Crippen molar-refractivity contribution in [1.82, 2.24) is 5.32 Å². The standard InChI is InChI=1S/C14H18N2O3/c1-9(5-6-18-2)16-14(17)13-8-10-7-11(15)3-4-12(10)19-13/h3-4,7-9H,5-6,15H2,1-2H3,(H,16,17). The minimum Gasteiger partial charge on any atom is -0.451 e. The number of hydrogen-bond donors (Lipinski definition) is 2. The van der Waals surface area contributed by atoms with Crippen LogP contribution in [0.3, 0.4) is 0 Å². The van der Waals surface area contributed by atoms with E-state index in [1.807, 2.05) is 6.92 Å². The monoisotopic (exact) mass is 262 g/mol. The van der Waals surface area contributed by atoms with Gasteiger partial charge in [0.25, 0.3) is 5.91 Å². The molecular weight excluding hydrogens is 244 g/mol. The third-order valence-electron chi connectivity index (χ3n) is 2.90. The summed E-state index contributed by atoms with van der Waals surface area (Å²) in [6, 6.07) is 7.02. The number of furan rings is 1. The average molecular weight is 262 g/mol. The van der Waals surface area contributed by atoms with Gasteiger partial charge in [-0.1, -0.05) is 0 Å². The molecule has 5 heteroatoms. The number of nitrogens with one attached hydrogen (secondary N) is 1. The molecule has 19 heavy (non-hydrogen) atoms. The lowest BCUT2D eigenvalue weighted by Crippen LogP contribution is -2.33. The van der Waals surface area contributed by atoms with E-state index in [1.54, 1.807) is 31.4 Å². The quantitative estimate of drug-likeness (QED) is 0.809. The maximum Gasteiger partial charge on any atom is 0.287 e. The maximum atomic E-state index is 12.0. The zero-order valence-electron chi connectivity index (χ0n) is 11.1. The fourth-order valence-electron chi connectivity index (χ4n) is 1.84. The Hall–Kier alpha value is -2.01. The van der Waals surface area contributed by atoms with Crippen LogP contribution in [0.4, 0.5) is 5.69 Å². The van der Waals surface area contributed by atoms with Crippen molar-refractivity contribution in [3.8, 4) is 0 Å². The maximum absolute atomic E-state index is 12.0. The summed E-state index contributed by atoms with van der Waals surface area (Å²) >= 11 is 0. The molecule has 0 aliphatic rings. The van der Waals surface area contributed by atoms with Crippen molar-refractivity contribution in [2.45, 2.75) is 19.4 Å². The Morgan fingerprint density at radius 2 is 2.26 bits per heavy atom. The molecule has 1 aromatic heterocycles. The zero-order chi connectivity index (χ0) is 13.8. The summed E-state index contributed by atoms with van der Waals surface area (Å²) < 4.78 is 10.5. The number of methoxy groups -OCH3 is 1. The van der Waals surface area contributed by atoms with E-state index < -0.39 is 0 Å². The molecule has 3 N–H and O–H groups in total. The Balaban J connectivity index is 2.08. The van der Waals surface area contributed by atoms with E-state index in [1.165, 1.54) is 0 Å². The highest BCUT2D eigenvalue weighted by Crippen LogP contribution is 2.21. The van der Waals surface area contributed by atoms with E-state index in [0.717, 1.165) is 11.8 Å². The van der Waals surface area contributed by atoms with Gasteiger partial charge < -0.3 is 20.2 Å². The molecule has 2 aromatic rings. The van der Waals surface area contributed by atoms with Gasteiger partial charge in [0.2, 0.25) is 0 Å². The third kappa shape index (κ3) is 3.26. The smallest absolute Gasteiger partial charge is 0.287 e. The Labute approximate surface area is 111 Å². The molecule has 1 unspecified atom stereocenters. The highest BCUT2D eigenvalue weighted by atomic mass is 16.5. The van der Waals surface area contributed by atoms with Crippen LogP contribution in [0.15, 0.2) is 28.7 Å². The number of anilines is 1. The number of benzene rings is 1. The van der Waals surface area contributed by atoms with E-state index in [-0.39, 0.29) is 11.9 Å². The van der Waals surface area contributed by atoms with Crippen molar-refractivity contribution in [1.29, 1.82) is 0 Å². The van der Waals surface area contributed by atoms with Gasteiger partial charge in [0, 0.05) is 30.8 Å². The van der Waals surface area contributed by atoms with Gasteiger partial charge in [-0.15, -0.1) is 0 Å². The van der Waals surface area contributed by atoms with E-state index in [4.69, 9.17) is 14.9 Å². The molecule has 1 atom stereocenters. The molecule has 0 saturated heterocycles. The van der Waals surface area contributed by atoms with Crippen LogP contribution in [0.2, 0.25) is 0 Å². The summed E-state index contributed by atoms with van der Waals surface area (Å²) in [5, 5.41) is 3.69. The molecule has 1 amide bonds. The number of fused-ring (bicyclic) bond motifs is 1. The second-order valence-corrected chi connectivity index (χ2v) is 4.56. The lowest BCUT2D eigenvalue weighted by atomic mass is 10.2. The van der Waals surface area contributed by atoms with Crippen molar-refractivity contribution in [2.24, 2.45) is 0 Å². The first-order valence-electron chi connectivity index (χ1n) is 6.19. The summed E-state index contributed by atoms with van der Waals surface area (Å²) in [6.45, 7) is 2.54. The fourth-order valence-corrected chi connectivity index (χ4v) is 1.84. The number of rotatable bonds is 5. The molecule has 0 fully saturated rings. The first kappa shape index (κ1) is 13.4. The van der Waals surface area contributed by atoms with Crippen molar-refractivity contribution >= 4 is 22.6 Å². The summed E-state index contributed by atoms with van der Waals surface area (Å²) in [7, 11) is 1.64. The van der Waals surface area contributed by atoms with Crippen molar-refractivity contribution in [3.05, 3.63) is 30.0 Å². The Morgan fingerprint density at radius 3 is 3.00 bits per heavy atom.